The Labute approximate surface area is 201 Å². The summed E-state index contributed by atoms with van der Waals surface area (Å²) in [6.07, 6.45) is 3.03. The molecule has 0 bridgehead atoms. The van der Waals surface area contributed by atoms with Crippen LogP contribution in [0.5, 0.6) is 0 Å². The molecule has 0 saturated heterocycles. The summed E-state index contributed by atoms with van der Waals surface area (Å²) >= 11 is 1.20. The number of carbonyl (C=O) groups is 3. The molecule has 2 rings (SSSR count). The van der Waals surface area contributed by atoms with Crippen molar-refractivity contribution in [2.45, 2.75) is 42.9 Å². The molecule has 2 aromatic rings. The SMILES string of the molecule is CCCCNS(=O)(=O)c1cncc(C(=O)N[C@@H](CC(=O)O)C(=O)CSCc2ccc(F)cc2)c1. The number of nitrogens with one attached hydrogen (secondary N) is 2. The number of aromatic nitrogens is 1. The molecule has 34 heavy (non-hydrogen) atoms. The fourth-order valence-electron chi connectivity index (χ4n) is 2.77. The number of pyridine rings is 1. The van der Waals surface area contributed by atoms with Crippen molar-refractivity contribution in [3.05, 3.63) is 59.7 Å². The fourth-order valence-corrected chi connectivity index (χ4v) is 4.76. The maximum absolute atomic E-state index is 13.0. The number of hydrogen-bond acceptors (Lipinski definition) is 7. The van der Waals surface area contributed by atoms with Gasteiger partial charge in [0.1, 0.15) is 10.7 Å². The van der Waals surface area contributed by atoms with Gasteiger partial charge in [-0.3, -0.25) is 19.4 Å². The van der Waals surface area contributed by atoms with E-state index in [1.807, 2.05) is 6.92 Å². The number of amides is 1. The zero-order valence-corrected chi connectivity index (χ0v) is 20.1. The highest BCUT2D eigenvalue weighted by molar-refractivity contribution is 7.99. The second-order valence-corrected chi connectivity index (χ2v) is 10.1. The minimum absolute atomic E-state index is 0.0797. The van der Waals surface area contributed by atoms with Gasteiger partial charge in [-0.05, 0) is 30.2 Å². The topological polar surface area (TPSA) is 143 Å². The predicted molar refractivity (Wildman–Crippen MR) is 125 cm³/mol. The molecule has 12 heteroatoms. The molecule has 0 unspecified atom stereocenters. The van der Waals surface area contributed by atoms with Gasteiger partial charge in [-0.2, -0.15) is 0 Å². The minimum atomic E-state index is -3.87. The van der Waals surface area contributed by atoms with E-state index in [4.69, 9.17) is 5.11 Å². The zero-order valence-electron chi connectivity index (χ0n) is 18.5. The van der Waals surface area contributed by atoms with Crippen molar-refractivity contribution in [2.24, 2.45) is 0 Å². The van der Waals surface area contributed by atoms with Crippen molar-refractivity contribution in [2.75, 3.05) is 12.3 Å². The van der Waals surface area contributed by atoms with Gasteiger partial charge in [0.15, 0.2) is 5.78 Å². The third-order valence-electron chi connectivity index (χ3n) is 4.61. The van der Waals surface area contributed by atoms with Gasteiger partial charge in [-0.15, -0.1) is 11.8 Å². The maximum Gasteiger partial charge on any atom is 0.305 e. The van der Waals surface area contributed by atoms with Crippen LogP contribution >= 0.6 is 11.8 Å². The molecule has 1 atom stereocenters. The van der Waals surface area contributed by atoms with Crippen LogP contribution in [0.4, 0.5) is 4.39 Å². The molecule has 3 N–H and O–H groups in total. The van der Waals surface area contributed by atoms with E-state index < -0.39 is 40.1 Å². The monoisotopic (exact) mass is 511 g/mol. The first-order valence-corrected chi connectivity index (χ1v) is 13.1. The molecule has 0 aliphatic heterocycles. The van der Waals surface area contributed by atoms with E-state index in [1.165, 1.54) is 23.9 Å². The van der Waals surface area contributed by atoms with E-state index in [0.29, 0.717) is 12.2 Å². The summed E-state index contributed by atoms with van der Waals surface area (Å²) in [6, 6.07) is 5.55. The molecule has 1 amide bonds. The molecule has 1 aromatic carbocycles. The average Bonchev–Trinajstić information content (AvgIpc) is 2.79. The normalized spacial score (nSPS) is 12.2. The summed E-state index contributed by atoms with van der Waals surface area (Å²) in [7, 11) is -3.87. The van der Waals surface area contributed by atoms with Gasteiger partial charge >= 0.3 is 5.97 Å². The lowest BCUT2D eigenvalue weighted by molar-refractivity contribution is -0.139. The van der Waals surface area contributed by atoms with Crippen molar-refractivity contribution in [3.63, 3.8) is 0 Å². The number of aliphatic carboxylic acids is 1. The first kappa shape index (κ1) is 27.4. The van der Waals surface area contributed by atoms with Crippen molar-refractivity contribution in [1.29, 1.82) is 0 Å². The highest BCUT2D eigenvalue weighted by atomic mass is 32.2. The fraction of sp³-hybridized carbons (Fsp3) is 0.364. The number of hydrogen-bond donors (Lipinski definition) is 3. The molecule has 1 heterocycles. The number of rotatable bonds is 14. The van der Waals surface area contributed by atoms with E-state index >= 15 is 0 Å². The summed E-state index contributed by atoms with van der Waals surface area (Å²) in [6.45, 7) is 2.15. The van der Waals surface area contributed by atoms with Crippen LogP contribution in [0.3, 0.4) is 0 Å². The minimum Gasteiger partial charge on any atom is -0.481 e. The lowest BCUT2D eigenvalue weighted by Gasteiger charge is -2.16. The number of halogens is 1. The van der Waals surface area contributed by atoms with Gasteiger partial charge in [-0.25, -0.2) is 17.5 Å². The van der Waals surface area contributed by atoms with Gasteiger partial charge in [0.25, 0.3) is 5.91 Å². The molecular weight excluding hydrogens is 485 g/mol. The van der Waals surface area contributed by atoms with E-state index in [9.17, 15) is 27.2 Å². The second-order valence-electron chi connectivity index (χ2n) is 7.37. The van der Waals surface area contributed by atoms with Crippen molar-refractivity contribution >= 4 is 39.4 Å². The van der Waals surface area contributed by atoms with Crippen LogP contribution in [0.1, 0.15) is 42.1 Å². The number of unbranched alkanes of at least 4 members (excludes halogenated alkanes) is 1. The number of carboxylic acid groups (broad SMARTS) is 1. The van der Waals surface area contributed by atoms with E-state index in [0.717, 1.165) is 30.4 Å². The summed E-state index contributed by atoms with van der Waals surface area (Å²) in [5.41, 5.74) is 0.662. The Balaban J connectivity index is 2.04. The Bertz CT molecular complexity index is 1110. The van der Waals surface area contributed by atoms with Gasteiger partial charge in [0, 0.05) is 24.7 Å². The maximum atomic E-state index is 13.0. The molecule has 0 aliphatic carbocycles. The van der Waals surface area contributed by atoms with Crippen LogP contribution in [0.15, 0.2) is 47.6 Å². The highest BCUT2D eigenvalue weighted by Crippen LogP contribution is 2.15. The Kier molecular flexibility index (Phi) is 10.6. The summed E-state index contributed by atoms with van der Waals surface area (Å²) < 4.78 is 40.1. The first-order valence-electron chi connectivity index (χ1n) is 10.4. The summed E-state index contributed by atoms with van der Waals surface area (Å²) in [5, 5.41) is 11.5. The van der Waals surface area contributed by atoms with E-state index in [-0.39, 0.29) is 28.6 Å². The molecule has 184 valence electrons. The predicted octanol–water partition coefficient (Wildman–Crippen LogP) is 2.37. The molecular formula is C22H26FN3O6S2. The second kappa shape index (κ2) is 13.2. The quantitative estimate of drug-likeness (QED) is 0.328. The van der Waals surface area contributed by atoms with Crippen LogP contribution in [0.25, 0.3) is 0 Å². The Morgan fingerprint density at radius 2 is 1.88 bits per heavy atom. The Morgan fingerprint density at radius 1 is 1.18 bits per heavy atom. The molecule has 0 aliphatic rings. The molecule has 1 aromatic heterocycles. The first-order chi connectivity index (χ1) is 16.1. The standard InChI is InChI=1S/C22H26FN3O6S2/c1-2-3-8-25-34(31,32)18-9-16(11-24-12-18)22(30)26-19(10-21(28)29)20(27)14-33-13-15-4-6-17(23)7-5-15/h4-7,9,11-12,19,25H,2-3,8,10,13-14H2,1H3,(H,26,30)(H,28,29)/t19-/m0/s1. The van der Waals surface area contributed by atoms with Crippen LogP contribution in [0, 0.1) is 5.82 Å². The Morgan fingerprint density at radius 3 is 2.53 bits per heavy atom. The number of benzene rings is 1. The zero-order chi connectivity index (χ0) is 25.1. The van der Waals surface area contributed by atoms with Gasteiger partial charge in [0.2, 0.25) is 10.0 Å². The van der Waals surface area contributed by atoms with Crippen molar-refractivity contribution in [3.8, 4) is 0 Å². The van der Waals surface area contributed by atoms with Crippen LogP contribution in [-0.4, -0.2) is 54.5 Å². The van der Waals surface area contributed by atoms with Crippen LogP contribution < -0.4 is 10.0 Å². The lowest BCUT2D eigenvalue weighted by Crippen LogP contribution is -2.43. The summed E-state index contributed by atoms with van der Waals surface area (Å²) in [4.78, 5) is 40.0. The summed E-state index contributed by atoms with van der Waals surface area (Å²) in [5.74, 6) is -2.67. The van der Waals surface area contributed by atoms with Gasteiger partial charge in [0.05, 0.1) is 23.8 Å². The number of ketones is 1. The highest BCUT2D eigenvalue weighted by Gasteiger charge is 2.25. The van der Waals surface area contributed by atoms with Gasteiger partial charge in [-0.1, -0.05) is 25.5 Å². The van der Waals surface area contributed by atoms with Crippen molar-refractivity contribution < 1.29 is 32.3 Å². The lowest BCUT2D eigenvalue weighted by atomic mass is 10.1. The Hall–Kier alpha value is -2.83. The average molecular weight is 512 g/mol. The number of carboxylic acids is 1. The largest absolute Gasteiger partial charge is 0.481 e. The molecule has 0 saturated carbocycles. The van der Waals surface area contributed by atoms with Crippen LogP contribution in [-0.2, 0) is 25.4 Å². The number of carbonyl (C=O) groups excluding carboxylic acids is 2. The number of thioether (sulfide) groups is 1. The van der Waals surface area contributed by atoms with Gasteiger partial charge < -0.3 is 10.4 Å². The molecule has 0 radical (unpaired) electrons. The number of sulfonamides is 1. The smallest absolute Gasteiger partial charge is 0.305 e. The third-order valence-corrected chi connectivity index (χ3v) is 7.06. The molecule has 9 nitrogen and oxygen atoms in total. The van der Waals surface area contributed by atoms with Crippen LogP contribution in [0.2, 0.25) is 0 Å². The van der Waals surface area contributed by atoms with E-state index in [1.54, 1.807) is 12.1 Å². The van der Waals surface area contributed by atoms with E-state index in [2.05, 4.69) is 15.0 Å². The number of Topliss-reactive ketones (excluding diaryl/α,β-unsaturated/α-hetero) is 1. The molecule has 0 spiro atoms. The van der Waals surface area contributed by atoms with Crippen molar-refractivity contribution in [1.82, 2.24) is 15.0 Å². The third kappa shape index (κ3) is 8.84. The molecule has 0 fully saturated rings. The number of nitrogens with zero attached hydrogens (tertiary/aromatic N) is 1.